The normalized spacial score (nSPS) is 36.8. The molecule has 2 fully saturated rings. The lowest BCUT2D eigenvalue weighted by molar-refractivity contribution is -0.0303. The van der Waals surface area contributed by atoms with Crippen LogP contribution in [0.1, 0.15) is 58.3 Å². The highest BCUT2D eigenvalue weighted by atomic mass is 16.6. The van der Waals surface area contributed by atoms with Gasteiger partial charge in [0.05, 0.1) is 18.3 Å². The molecule has 2 aliphatic rings. The summed E-state index contributed by atoms with van der Waals surface area (Å²) >= 11 is 0. The van der Waals surface area contributed by atoms with Gasteiger partial charge in [-0.15, -0.1) is 0 Å². The average Bonchev–Trinajstić information content (AvgIpc) is 2.74. The van der Waals surface area contributed by atoms with Crippen molar-refractivity contribution >= 4 is 0 Å². The van der Waals surface area contributed by atoms with Gasteiger partial charge in [-0.1, -0.05) is 32.6 Å². The van der Waals surface area contributed by atoms with Crippen LogP contribution in [0.15, 0.2) is 0 Å². The largest absolute Gasteiger partial charge is 0.379 e. The lowest BCUT2D eigenvalue weighted by atomic mass is 9.84. The first-order valence-electron chi connectivity index (χ1n) is 7.03. The molecule has 0 radical (unpaired) electrons. The molecule has 0 aromatic carbocycles. The van der Waals surface area contributed by atoms with Crippen LogP contribution in [0.5, 0.6) is 0 Å². The van der Waals surface area contributed by atoms with Crippen molar-refractivity contribution in [3.8, 4) is 0 Å². The summed E-state index contributed by atoms with van der Waals surface area (Å²) in [5, 5.41) is 0. The molecular formula is C14H26O2. The van der Waals surface area contributed by atoms with E-state index in [0.29, 0.717) is 18.3 Å². The molecule has 2 rings (SSSR count). The van der Waals surface area contributed by atoms with Crippen LogP contribution in [-0.2, 0) is 9.47 Å². The Labute approximate surface area is 99.7 Å². The van der Waals surface area contributed by atoms with Crippen molar-refractivity contribution in [3.63, 3.8) is 0 Å². The molecule has 1 heterocycles. The van der Waals surface area contributed by atoms with Gasteiger partial charge >= 0.3 is 0 Å². The summed E-state index contributed by atoms with van der Waals surface area (Å²) in [6, 6.07) is 0. The quantitative estimate of drug-likeness (QED) is 0.730. The van der Waals surface area contributed by atoms with E-state index in [1.54, 1.807) is 0 Å². The minimum Gasteiger partial charge on any atom is -0.379 e. The van der Waals surface area contributed by atoms with Crippen LogP contribution in [0, 0.1) is 5.92 Å². The summed E-state index contributed by atoms with van der Waals surface area (Å²) in [5.74, 6) is 0.813. The lowest BCUT2D eigenvalue weighted by Crippen LogP contribution is -2.23. The summed E-state index contributed by atoms with van der Waals surface area (Å²) in [5.41, 5.74) is 0. The second kappa shape index (κ2) is 6.02. The first-order valence-corrected chi connectivity index (χ1v) is 7.03. The summed E-state index contributed by atoms with van der Waals surface area (Å²) in [6.07, 6.45) is 11.7. The summed E-state index contributed by atoms with van der Waals surface area (Å²) < 4.78 is 11.8. The molecule has 0 amide bonds. The number of hydrogen-bond acceptors (Lipinski definition) is 2. The Morgan fingerprint density at radius 2 is 1.94 bits per heavy atom. The Balaban J connectivity index is 1.87. The van der Waals surface area contributed by atoms with Gasteiger partial charge in [0, 0.05) is 13.5 Å². The van der Waals surface area contributed by atoms with E-state index in [2.05, 4.69) is 6.92 Å². The molecule has 0 aromatic rings. The van der Waals surface area contributed by atoms with Crippen molar-refractivity contribution in [3.05, 3.63) is 0 Å². The van der Waals surface area contributed by atoms with Crippen molar-refractivity contribution < 1.29 is 9.47 Å². The molecule has 0 N–H and O–H groups in total. The van der Waals surface area contributed by atoms with Gasteiger partial charge < -0.3 is 9.47 Å². The predicted octanol–water partition coefficient (Wildman–Crippen LogP) is 3.54. The topological polar surface area (TPSA) is 18.5 Å². The van der Waals surface area contributed by atoms with Crippen molar-refractivity contribution in [2.45, 2.75) is 76.6 Å². The van der Waals surface area contributed by atoms with E-state index >= 15 is 0 Å². The Kier molecular flexibility index (Phi) is 4.66. The van der Waals surface area contributed by atoms with Crippen LogP contribution in [0.25, 0.3) is 0 Å². The Hall–Kier alpha value is -0.0800. The first-order chi connectivity index (χ1) is 7.85. The Morgan fingerprint density at radius 1 is 1.19 bits per heavy atom. The van der Waals surface area contributed by atoms with E-state index in [1.165, 1.54) is 38.5 Å². The fourth-order valence-corrected chi connectivity index (χ4v) is 3.34. The molecule has 3 unspecified atom stereocenters. The summed E-state index contributed by atoms with van der Waals surface area (Å²) in [7, 11) is 1.83. The smallest absolute Gasteiger partial charge is 0.0857 e. The van der Waals surface area contributed by atoms with Gasteiger partial charge in [0.25, 0.3) is 0 Å². The molecule has 94 valence electrons. The van der Waals surface area contributed by atoms with Crippen LogP contribution in [-0.4, -0.2) is 25.4 Å². The Bertz CT molecular complexity index is 199. The monoisotopic (exact) mass is 226 g/mol. The highest BCUT2D eigenvalue weighted by molar-refractivity contribution is 4.87. The second-order valence-electron chi connectivity index (χ2n) is 5.41. The predicted molar refractivity (Wildman–Crippen MR) is 65.6 cm³/mol. The van der Waals surface area contributed by atoms with Crippen LogP contribution < -0.4 is 0 Å². The zero-order valence-corrected chi connectivity index (χ0v) is 10.8. The molecule has 1 aliphatic heterocycles. The van der Waals surface area contributed by atoms with Gasteiger partial charge in [-0.25, -0.2) is 0 Å². The molecule has 0 bridgehead atoms. The maximum absolute atomic E-state index is 6.22. The highest BCUT2D eigenvalue weighted by Crippen LogP contribution is 2.36. The van der Waals surface area contributed by atoms with Crippen LogP contribution >= 0.6 is 0 Å². The Morgan fingerprint density at radius 3 is 2.56 bits per heavy atom. The molecule has 3 atom stereocenters. The van der Waals surface area contributed by atoms with Crippen LogP contribution in [0.3, 0.4) is 0 Å². The van der Waals surface area contributed by atoms with Crippen LogP contribution in [0.4, 0.5) is 0 Å². The standard InChI is InChI=1S/C14H26O2/c1-3-7-12-14(15-2)10-13(16-12)11-8-5-4-6-9-11/h11-14H,3-10H2,1-2H3. The summed E-state index contributed by atoms with van der Waals surface area (Å²) in [6.45, 7) is 2.23. The van der Waals surface area contributed by atoms with E-state index in [-0.39, 0.29) is 0 Å². The maximum Gasteiger partial charge on any atom is 0.0857 e. The zero-order valence-electron chi connectivity index (χ0n) is 10.8. The second-order valence-corrected chi connectivity index (χ2v) is 5.41. The van der Waals surface area contributed by atoms with Gasteiger partial charge in [0.2, 0.25) is 0 Å². The van der Waals surface area contributed by atoms with Gasteiger partial charge in [0.1, 0.15) is 0 Å². The van der Waals surface area contributed by atoms with Crippen molar-refractivity contribution in [2.75, 3.05) is 7.11 Å². The van der Waals surface area contributed by atoms with Gasteiger partial charge in [-0.2, -0.15) is 0 Å². The van der Waals surface area contributed by atoms with Crippen molar-refractivity contribution in [2.24, 2.45) is 5.92 Å². The highest BCUT2D eigenvalue weighted by Gasteiger charge is 2.38. The lowest BCUT2D eigenvalue weighted by Gasteiger charge is -2.27. The zero-order chi connectivity index (χ0) is 11.4. The van der Waals surface area contributed by atoms with E-state index < -0.39 is 0 Å². The molecule has 1 saturated carbocycles. The van der Waals surface area contributed by atoms with Gasteiger partial charge in [-0.05, 0) is 25.2 Å². The number of methoxy groups -OCH3 is 1. The van der Waals surface area contributed by atoms with E-state index in [0.717, 1.165) is 18.8 Å². The first kappa shape index (κ1) is 12.4. The average molecular weight is 226 g/mol. The fourth-order valence-electron chi connectivity index (χ4n) is 3.34. The van der Waals surface area contributed by atoms with Gasteiger partial charge in [-0.3, -0.25) is 0 Å². The molecule has 1 aliphatic carbocycles. The maximum atomic E-state index is 6.22. The number of rotatable bonds is 4. The molecule has 0 spiro atoms. The van der Waals surface area contributed by atoms with Crippen molar-refractivity contribution in [1.29, 1.82) is 0 Å². The third kappa shape index (κ3) is 2.78. The van der Waals surface area contributed by atoms with Gasteiger partial charge in [0.15, 0.2) is 0 Å². The SMILES string of the molecule is CCCC1OC(C2CCCCC2)CC1OC. The molecule has 16 heavy (non-hydrogen) atoms. The summed E-state index contributed by atoms with van der Waals surface area (Å²) in [4.78, 5) is 0. The molecular weight excluding hydrogens is 200 g/mol. The molecule has 2 nitrogen and oxygen atoms in total. The molecule has 1 saturated heterocycles. The molecule has 0 aromatic heterocycles. The third-order valence-electron chi connectivity index (χ3n) is 4.28. The van der Waals surface area contributed by atoms with Crippen LogP contribution in [0.2, 0.25) is 0 Å². The third-order valence-corrected chi connectivity index (χ3v) is 4.28. The van der Waals surface area contributed by atoms with E-state index in [4.69, 9.17) is 9.47 Å². The minimum absolute atomic E-state index is 0.354. The molecule has 2 heteroatoms. The number of ether oxygens (including phenoxy) is 2. The van der Waals surface area contributed by atoms with E-state index in [1.807, 2.05) is 7.11 Å². The fraction of sp³-hybridized carbons (Fsp3) is 1.00. The van der Waals surface area contributed by atoms with Crippen molar-refractivity contribution in [1.82, 2.24) is 0 Å². The minimum atomic E-state index is 0.354. The number of hydrogen-bond donors (Lipinski definition) is 0. The van der Waals surface area contributed by atoms with E-state index in [9.17, 15) is 0 Å².